The Morgan fingerprint density at radius 2 is 1.85 bits per heavy atom. The molecule has 6 heteroatoms. The summed E-state index contributed by atoms with van der Waals surface area (Å²) < 4.78 is 41.0. The molecule has 0 saturated heterocycles. The maximum absolute atomic E-state index is 12.0. The van der Waals surface area contributed by atoms with E-state index in [1.807, 2.05) is 13.0 Å². The van der Waals surface area contributed by atoms with Crippen LogP contribution in [0.4, 0.5) is 13.2 Å². The number of nitrogens with zero attached hydrogens (tertiary/aromatic N) is 1. The summed E-state index contributed by atoms with van der Waals surface area (Å²) in [6.07, 6.45) is -5.17. The standard InChI is InChI=1S/C14H21F3N2O/c1-10-11(9-18-13(2,3)4)5-6-12(19-10)20-8-7-14(15,16)17/h5-6,18H,7-9H2,1-4H3. The van der Waals surface area contributed by atoms with E-state index in [2.05, 4.69) is 31.1 Å². The highest BCUT2D eigenvalue weighted by Crippen LogP contribution is 2.20. The van der Waals surface area contributed by atoms with Gasteiger partial charge in [0.15, 0.2) is 0 Å². The first-order chi connectivity index (χ1) is 9.07. The van der Waals surface area contributed by atoms with Crippen molar-refractivity contribution in [2.75, 3.05) is 6.61 Å². The normalized spacial score (nSPS) is 12.6. The quantitative estimate of drug-likeness (QED) is 0.899. The van der Waals surface area contributed by atoms with Crippen LogP contribution in [-0.2, 0) is 6.54 Å². The molecule has 3 nitrogen and oxygen atoms in total. The van der Waals surface area contributed by atoms with E-state index >= 15 is 0 Å². The van der Waals surface area contributed by atoms with Crippen molar-refractivity contribution in [3.63, 3.8) is 0 Å². The first kappa shape index (κ1) is 16.8. The minimum atomic E-state index is -4.20. The molecule has 0 atom stereocenters. The number of halogens is 3. The molecule has 0 amide bonds. The Labute approximate surface area is 117 Å². The average molecular weight is 290 g/mol. The van der Waals surface area contributed by atoms with Crippen molar-refractivity contribution in [3.05, 3.63) is 23.4 Å². The fraction of sp³-hybridized carbons (Fsp3) is 0.643. The van der Waals surface area contributed by atoms with Gasteiger partial charge in [-0.3, -0.25) is 0 Å². The van der Waals surface area contributed by atoms with Gasteiger partial charge in [0, 0.05) is 23.8 Å². The molecule has 1 aromatic rings. The fourth-order valence-corrected chi connectivity index (χ4v) is 1.47. The van der Waals surface area contributed by atoms with Gasteiger partial charge in [-0.15, -0.1) is 0 Å². The first-order valence-electron chi connectivity index (χ1n) is 6.48. The van der Waals surface area contributed by atoms with E-state index in [9.17, 15) is 13.2 Å². The van der Waals surface area contributed by atoms with Crippen molar-refractivity contribution in [1.29, 1.82) is 0 Å². The lowest BCUT2D eigenvalue weighted by Gasteiger charge is -2.21. The van der Waals surface area contributed by atoms with Crippen LogP contribution in [0.5, 0.6) is 5.88 Å². The Hall–Kier alpha value is -1.30. The molecular weight excluding hydrogens is 269 g/mol. The topological polar surface area (TPSA) is 34.1 Å². The van der Waals surface area contributed by atoms with Gasteiger partial charge in [0.05, 0.1) is 13.0 Å². The lowest BCUT2D eigenvalue weighted by Crippen LogP contribution is -2.35. The van der Waals surface area contributed by atoms with Crippen LogP contribution < -0.4 is 10.1 Å². The van der Waals surface area contributed by atoms with Crippen LogP contribution in [0, 0.1) is 6.92 Å². The Bertz CT molecular complexity index is 439. The lowest BCUT2D eigenvalue weighted by molar-refractivity contribution is -0.139. The third-order valence-corrected chi connectivity index (χ3v) is 2.61. The van der Waals surface area contributed by atoms with E-state index in [0.717, 1.165) is 11.3 Å². The van der Waals surface area contributed by atoms with Crippen LogP contribution in [0.3, 0.4) is 0 Å². The molecule has 0 unspecified atom stereocenters. The maximum Gasteiger partial charge on any atom is 0.392 e. The summed E-state index contributed by atoms with van der Waals surface area (Å²) in [5.41, 5.74) is 1.75. The van der Waals surface area contributed by atoms with E-state index in [1.165, 1.54) is 0 Å². The molecule has 0 bridgehead atoms. The van der Waals surface area contributed by atoms with Gasteiger partial charge in [-0.25, -0.2) is 4.98 Å². The summed E-state index contributed by atoms with van der Waals surface area (Å²) in [4.78, 5) is 4.16. The smallest absolute Gasteiger partial charge is 0.392 e. The summed E-state index contributed by atoms with van der Waals surface area (Å²) in [6, 6.07) is 3.42. The second-order valence-corrected chi connectivity index (χ2v) is 5.71. The highest BCUT2D eigenvalue weighted by atomic mass is 19.4. The first-order valence-corrected chi connectivity index (χ1v) is 6.48. The van der Waals surface area contributed by atoms with Crippen molar-refractivity contribution in [3.8, 4) is 5.88 Å². The van der Waals surface area contributed by atoms with Crippen LogP contribution >= 0.6 is 0 Å². The second kappa shape index (κ2) is 6.43. The van der Waals surface area contributed by atoms with E-state index in [0.29, 0.717) is 6.54 Å². The van der Waals surface area contributed by atoms with Gasteiger partial charge in [0.2, 0.25) is 5.88 Å². The number of aromatic nitrogens is 1. The van der Waals surface area contributed by atoms with Crippen molar-refractivity contribution in [1.82, 2.24) is 10.3 Å². The van der Waals surface area contributed by atoms with Crippen LogP contribution in [0.25, 0.3) is 0 Å². The number of pyridine rings is 1. The monoisotopic (exact) mass is 290 g/mol. The number of hydrogen-bond donors (Lipinski definition) is 1. The van der Waals surface area contributed by atoms with Gasteiger partial charge < -0.3 is 10.1 Å². The number of alkyl halides is 3. The maximum atomic E-state index is 12.0. The van der Waals surface area contributed by atoms with Gasteiger partial charge in [-0.05, 0) is 33.3 Å². The molecule has 0 spiro atoms. The Morgan fingerprint density at radius 1 is 1.20 bits per heavy atom. The fourth-order valence-electron chi connectivity index (χ4n) is 1.47. The third-order valence-electron chi connectivity index (χ3n) is 2.61. The summed E-state index contributed by atoms with van der Waals surface area (Å²) in [5, 5.41) is 3.33. The highest BCUT2D eigenvalue weighted by Gasteiger charge is 2.26. The minimum Gasteiger partial charge on any atom is -0.477 e. The number of nitrogens with one attached hydrogen (secondary N) is 1. The molecule has 1 rings (SSSR count). The minimum absolute atomic E-state index is 0.00563. The highest BCUT2D eigenvalue weighted by molar-refractivity contribution is 5.25. The zero-order valence-corrected chi connectivity index (χ0v) is 12.3. The molecule has 1 aromatic heterocycles. The summed E-state index contributed by atoms with van der Waals surface area (Å²) in [5.74, 6) is 0.228. The molecule has 1 heterocycles. The Kier molecular flexibility index (Phi) is 5.39. The number of aryl methyl sites for hydroxylation is 1. The lowest BCUT2D eigenvalue weighted by atomic mass is 10.1. The summed E-state index contributed by atoms with van der Waals surface area (Å²) in [6.45, 7) is 8.25. The van der Waals surface area contributed by atoms with Gasteiger partial charge in [0.25, 0.3) is 0 Å². The molecule has 0 aliphatic rings. The average Bonchev–Trinajstić information content (AvgIpc) is 2.24. The molecule has 114 valence electrons. The molecule has 0 aromatic carbocycles. The van der Waals surface area contributed by atoms with Crippen molar-refractivity contribution in [2.45, 2.75) is 52.4 Å². The third kappa shape index (κ3) is 6.75. The second-order valence-electron chi connectivity index (χ2n) is 5.71. The zero-order chi connectivity index (χ0) is 15.4. The van der Waals surface area contributed by atoms with E-state index in [1.54, 1.807) is 6.07 Å². The summed E-state index contributed by atoms with van der Waals surface area (Å²) in [7, 11) is 0. The molecule has 0 aliphatic carbocycles. The van der Waals surface area contributed by atoms with Gasteiger partial charge in [0.1, 0.15) is 0 Å². The van der Waals surface area contributed by atoms with Crippen molar-refractivity contribution < 1.29 is 17.9 Å². The molecule has 20 heavy (non-hydrogen) atoms. The largest absolute Gasteiger partial charge is 0.477 e. The SMILES string of the molecule is Cc1nc(OCCC(F)(F)F)ccc1CNC(C)(C)C. The molecule has 0 radical (unpaired) electrons. The molecule has 0 fully saturated rings. The van der Waals surface area contributed by atoms with Gasteiger partial charge in [-0.2, -0.15) is 13.2 Å². The molecule has 0 aliphatic heterocycles. The number of ether oxygens (including phenoxy) is 1. The van der Waals surface area contributed by atoms with Crippen LogP contribution in [0.15, 0.2) is 12.1 Å². The predicted octanol–water partition coefficient (Wildman–Crippen LogP) is 3.61. The zero-order valence-electron chi connectivity index (χ0n) is 12.3. The number of rotatable bonds is 5. The van der Waals surface area contributed by atoms with Crippen LogP contribution in [0.2, 0.25) is 0 Å². The van der Waals surface area contributed by atoms with Crippen LogP contribution in [0.1, 0.15) is 38.4 Å². The molecule has 1 N–H and O–H groups in total. The van der Waals surface area contributed by atoms with Gasteiger partial charge in [-0.1, -0.05) is 6.07 Å². The van der Waals surface area contributed by atoms with Crippen molar-refractivity contribution in [2.24, 2.45) is 0 Å². The van der Waals surface area contributed by atoms with Crippen LogP contribution in [-0.4, -0.2) is 23.3 Å². The van der Waals surface area contributed by atoms with Crippen molar-refractivity contribution >= 4 is 0 Å². The van der Waals surface area contributed by atoms with E-state index < -0.39 is 19.2 Å². The predicted molar refractivity (Wildman–Crippen MR) is 71.7 cm³/mol. The van der Waals surface area contributed by atoms with Gasteiger partial charge >= 0.3 is 6.18 Å². The number of hydrogen-bond acceptors (Lipinski definition) is 3. The van der Waals surface area contributed by atoms with E-state index in [4.69, 9.17) is 4.74 Å². The van der Waals surface area contributed by atoms with E-state index in [-0.39, 0.29) is 11.4 Å². The molecular formula is C14H21F3N2O. The Balaban J connectivity index is 2.55. The summed E-state index contributed by atoms with van der Waals surface area (Å²) >= 11 is 0. The Morgan fingerprint density at radius 3 is 2.35 bits per heavy atom. The molecule has 0 saturated carbocycles.